The maximum absolute atomic E-state index is 13.3. The van der Waals surface area contributed by atoms with Crippen molar-refractivity contribution in [2.24, 2.45) is 0 Å². The van der Waals surface area contributed by atoms with Crippen LogP contribution in [0.25, 0.3) is 17.1 Å². The normalized spacial score (nSPS) is 10.8. The Labute approximate surface area is 192 Å². The molecule has 9 heteroatoms. The van der Waals surface area contributed by atoms with Crippen molar-refractivity contribution in [2.45, 2.75) is 5.16 Å². The van der Waals surface area contributed by atoms with Gasteiger partial charge in [0.05, 0.1) is 5.75 Å². The van der Waals surface area contributed by atoms with Crippen LogP contribution in [0.3, 0.4) is 0 Å². The third kappa shape index (κ3) is 5.25. The Kier molecular flexibility index (Phi) is 6.56. The zero-order valence-corrected chi connectivity index (χ0v) is 18.3. The molecule has 1 amide bonds. The molecule has 0 unspecified atom stereocenters. The van der Waals surface area contributed by atoms with Gasteiger partial charge in [0, 0.05) is 27.0 Å². The van der Waals surface area contributed by atoms with E-state index in [2.05, 4.69) is 15.5 Å². The predicted octanol–water partition coefficient (Wildman–Crippen LogP) is 6.11. The molecule has 0 spiro atoms. The van der Waals surface area contributed by atoms with Crippen LogP contribution in [0.1, 0.15) is 0 Å². The summed E-state index contributed by atoms with van der Waals surface area (Å²) in [6.07, 6.45) is 0. The van der Waals surface area contributed by atoms with Crippen molar-refractivity contribution < 1.29 is 9.18 Å². The molecule has 156 valence electrons. The highest BCUT2D eigenvalue weighted by Gasteiger charge is 2.17. The van der Waals surface area contributed by atoms with Crippen LogP contribution in [0.2, 0.25) is 10.0 Å². The van der Waals surface area contributed by atoms with E-state index in [1.807, 2.05) is 28.8 Å². The first kappa shape index (κ1) is 21.4. The molecule has 0 atom stereocenters. The molecule has 0 aliphatic heterocycles. The molecule has 0 aliphatic rings. The first-order chi connectivity index (χ1) is 15.0. The van der Waals surface area contributed by atoms with Gasteiger partial charge in [-0.2, -0.15) is 0 Å². The molecule has 1 N–H and O–H groups in total. The van der Waals surface area contributed by atoms with Crippen molar-refractivity contribution in [3.8, 4) is 17.1 Å². The summed E-state index contributed by atoms with van der Waals surface area (Å²) >= 11 is 13.3. The van der Waals surface area contributed by atoms with Gasteiger partial charge in [-0.3, -0.25) is 9.36 Å². The average molecular weight is 473 g/mol. The van der Waals surface area contributed by atoms with Crippen LogP contribution in [0.5, 0.6) is 0 Å². The van der Waals surface area contributed by atoms with Crippen molar-refractivity contribution in [2.75, 3.05) is 11.1 Å². The lowest BCUT2D eigenvalue weighted by Crippen LogP contribution is -2.14. The molecule has 1 heterocycles. The Morgan fingerprint density at radius 2 is 1.65 bits per heavy atom. The molecule has 4 rings (SSSR count). The molecule has 31 heavy (non-hydrogen) atoms. The summed E-state index contributed by atoms with van der Waals surface area (Å²) in [5.41, 5.74) is 2.02. The molecule has 3 aromatic carbocycles. The summed E-state index contributed by atoms with van der Waals surface area (Å²) in [5, 5.41) is 13.0. The van der Waals surface area contributed by atoms with E-state index in [0.29, 0.717) is 26.7 Å². The number of carbonyl (C=O) groups excluding carboxylic acids is 1. The molecule has 4 aromatic rings. The van der Waals surface area contributed by atoms with Crippen molar-refractivity contribution in [1.82, 2.24) is 14.8 Å². The monoisotopic (exact) mass is 472 g/mol. The van der Waals surface area contributed by atoms with Crippen molar-refractivity contribution in [1.29, 1.82) is 0 Å². The quantitative estimate of drug-likeness (QED) is 0.343. The molecular weight excluding hydrogens is 458 g/mol. The lowest BCUT2D eigenvalue weighted by Gasteiger charge is -2.11. The Bertz CT molecular complexity index is 1210. The number of rotatable bonds is 6. The first-order valence-corrected chi connectivity index (χ1v) is 10.9. The van der Waals surface area contributed by atoms with Crippen LogP contribution in [0, 0.1) is 5.82 Å². The lowest BCUT2D eigenvalue weighted by atomic mass is 10.2. The third-order valence-corrected chi connectivity index (χ3v) is 5.69. The summed E-state index contributed by atoms with van der Waals surface area (Å²) in [7, 11) is 0. The van der Waals surface area contributed by atoms with Gasteiger partial charge in [-0.15, -0.1) is 10.2 Å². The van der Waals surface area contributed by atoms with Crippen LogP contribution in [0.4, 0.5) is 10.1 Å². The zero-order chi connectivity index (χ0) is 21.8. The van der Waals surface area contributed by atoms with Gasteiger partial charge in [0.25, 0.3) is 0 Å². The average Bonchev–Trinajstić information content (AvgIpc) is 3.17. The number of halogens is 3. The third-order valence-electron chi connectivity index (χ3n) is 4.26. The number of anilines is 1. The number of carbonyl (C=O) groups is 1. The maximum Gasteiger partial charge on any atom is 0.234 e. The number of nitrogens with zero attached hydrogens (tertiary/aromatic N) is 3. The Hall–Kier alpha value is -2.87. The fraction of sp³-hybridized carbons (Fsp3) is 0.0455. The Morgan fingerprint density at radius 3 is 2.32 bits per heavy atom. The highest BCUT2D eigenvalue weighted by molar-refractivity contribution is 7.99. The van der Waals surface area contributed by atoms with Crippen LogP contribution in [-0.4, -0.2) is 26.4 Å². The zero-order valence-electron chi connectivity index (χ0n) is 15.9. The van der Waals surface area contributed by atoms with E-state index >= 15 is 0 Å². The van der Waals surface area contributed by atoms with Crippen molar-refractivity contribution in [3.63, 3.8) is 0 Å². The smallest absolute Gasteiger partial charge is 0.234 e. The maximum atomic E-state index is 13.3. The molecule has 0 aliphatic carbocycles. The molecule has 0 saturated carbocycles. The van der Waals surface area contributed by atoms with Gasteiger partial charge in [0.15, 0.2) is 11.0 Å². The van der Waals surface area contributed by atoms with E-state index in [4.69, 9.17) is 23.2 Å². The minimum atomic E-state index is -0.416. The molecular formula is C22H15Cl2FN4OS. The molecule has 0 bridgehead atoms. The number of aromatic nitrogens is 3. The fourth-order valence-corrected chi connectivity index (χ4v) is 3.87. The highest BCUT2D eigenvalue weighted by Crippen LogP contribution is 2.29. The van der Waals surface area contributed by atoms with Gasteiger partial charge < -0.3 is 5.32 Å². The topological polar surface area (TPSA) is 59.8 Å². The van der Waals surface area contributed by atoms with Gasteiger partial charge >= 0.3 is 0 Å². The molecule has 5 nitrogen and oxygen atoms in total. The van der Waals surface area contributed by atoms with Gasteiger partial charge in [0.2, 0.25) is 5.91 Å². The molecule has 0 fully saturated rings. The fourth-order valence-electron chi connectivity index (χ4n) is 2.87. The lowest BCUT2D eigenvalue weighted by molar-refractivity contribution is -0.113. The molecule has 0 radical (unpaired) electrons. The number of hydrogen-bond acceptors (Lipinski definition) is 4. The van der Waals surface area contributed by atoms with Crippen LogP contribution >= 0.6 is 35.0 Å². The van der Waals surface area contributed by atoms with E-state index in [1.165, 1.54) is 30.0 Å². The van der Waals surface area contributed by atoms with E-state index in [1.54, 1.807) is 30.3 Å². The number of thioether (sulfide) groups is 1. The van der Waals surface area contributed by atoms with E-state index < -0.39 is 5.82 Å². The molecule has 0 saturated heterocycles. The molecule has 1 aromatic heterocycles. The van der Waals surface area contributed by atoms with Gasteiger partial charge in [0.1, 0.15) is 5.82 Å². The van der Waals surface area contributed by atoms with E-state index in [0.717, 1.165) is 11.3 Å². The number of amides is 1. The number of benzene rings is 3. The summed E-state index contributed by atoms with van der Waals surface area (Å²) in [4.78, 5) is 12.4. The summed E-state index contributed by atoms with van der Waals surface area (Å²) in [5.74, 6) is -0.0232. The minimum Gasteiger partial charge on any atom is -0.325 e. The van der Waals surface area contributed by atoms with Crippen molar-refractivity contribution in [3.05, 3.63) is 88.7 Å². The summed E-state index contributed by atoms with van der Waals surface area (Å²) in [6.45, 7) is 0. The Morgan fingerprint density at radius 1 is 0.968 bits per heavy atom. The summed E-state index contributed by atoms with van der Waals surface area (Å²) < 4.78 is 15.2. The largest absolute Gasteiger partial charge is 0.325 e. The van der Waals surface area contributed by atoms with Crippen LogP contribution in [0.15, 0.2) is 78.0 Å². The van der Waals surface area contributed by atoms with Crippen LogP contribution < -0.4 is 5.32 Å². The standard InChI is InChI=1S/C22H15Cl2FN4OS/c23-15-6-4-14(5-7-15)21-27-28-22(29(21)19-10-8-16(24)9-11-19)31-13-20(30)26-18-3-1-2-17(25)12-18/h1-12H,13H2,(H,26,30). The van der Waals surface area contributed by atoms with Crippen LogP contribution in [-0.2, 0) is 4.79 Å². The minimum absolute atomic E-state index is 0.0723. The van der Waals surface area contributed by atoms with Gasteiger partial charge in [-0.05, 0) is 66.7 Å². The SMILES string of the molecule is O=C(CSc1nnc(-c2ccc(Cl)cc2)n1-c1ccc(Cl)cc1)Nc1cccc(F)c1. The second kappa shape index (κ2) is 9.51. The van der Waals surface area contributed by atoms with E-state index in [-0.39, 0.29) is 11.7 Å². The second-order valence-electron chi connectivity index (χ2n) is 6.47. The van der Waals surface area contributed by atoms with E-state index in [9.17, 15) is 9.18 Å². The first-order valence-electron chi connectivity index (χ1n) is 9.15. The Balaban J connectivity index is 1.60. The van der Waals surface area contributed by atoms with Gasteiger partial charge in [-0.1, -0.05) is 41.0 Å². The number of hydrogen-bond donors (Lipinski definition) is 1. The summed E-state index contributed by atoms with van der Waals surface area (Å²) in [6, 6.07) is 20.2. The van der Waals surface area contributed by atoms with Crippen molar-refractivity contribution >= 4 is 46.6 Å². The van der Waals surface area contributed by atoms with Gasteiger partial charge in [-0.25, -0.2) is 4.39 Å². The highest BCUT2D eigenvalue weighted by atomic mass is 35.5. The predicted molar refractivity (Wildman–Crippen MR) is 123 cm³/mol. The second-order valence-corrected chi connectivity index (χ2v) is 8.29. The number of nitrogens with one attached hydrogen (secondary N) is 1.